The number of benzene rings is 2. The normalized spacial score (nSPS) is 15.8. The SMILES string of the molecule is COc1ccc([C@H](CC(=O)O)NC(=O)NC2C(=O)C=CN(C)C2=O)cc1-c1ccc(OC(F)(F)F)cc1.[Na]. The second-order valence-electron chi connectivity index (χ2n) is 7.90. The number of nitrogens with zero attached hydrogens (tertiary/aromatic N) is 1. The Morgan fingerprint density at radius 1 is 1.13 bits per heavy atom. The van der Waals surface area contributed by atoms with Crippen LogP contribution in [0, 0.1) is 0 Å². The molecular weight excluding hydrogens is 522 g/mol. The van der Waals surface area contributed by atoms with E-state index in [4.69, 9.17) is 4.74 Å². The van der Waals surface area contributed by atoms with Gasteiger partial charge in [0.2, 0.25) is 0 Å². The quantitative estimate of drug-likeness (QED) is 0.344. The van der Waals surface area contributed by atoms with Crippen LogP contribution in [0.4, 0.5) is 18.0 Å². The topological polar surface area (TPSA) is 134 Å². The van der Waals surface area contributed by atoms with Crippen molar-refractivity contribution in [2.45, 2.75) is 24.9 Å². The molecule has 1 aliphatic rings. The van der Waals surface area contributed by atoms with Crippen molar-refractivity contribution in [1.82, 2.24) is 15.5 Å². The van der Waals surface area contributed by atoms with Gasteiger partial charge in [0.15, 0.2) is 11.8 Å². The van der Waals surface area contributed by atoms with E-state index in [9.17, 15) is 37.5 Å². The molecule has 0 aromatic heterocycles. The summed E-state index contributed by atoms with van der Waals surface area (Å²) >= 11 is 0. The zero-order valence-corrected chi connectivity index (χ0v) is 22.5. The minimum Gasteiger partial charge on any atom is -0.496 e. The van der Waals surface area contributed by atoms with E-state index in [1.54, 1.807) is 0 Å². The maximum absolute atomic E-state index is 12.6. The Balaban J connectivity index is 0.00000507. The summed E-state index contributed by atoms with van der Waals surface area (Å²) in [5.41, 5.74) is 1.16. The predicted molar refractivity (Wildman–Crippen MR) is 128 cm³/mol. The zero-order chi connectivity index (χ0) is 27.3. The van der Waals surface area contributed by atoms with E-state index in [1.165, 1.54) is 50.7 Å². The van der Waals surface area contributed by atoms with Gasteiger partial charge in [-0.2, -0.15) is 0 Å². The number of ether oxygens (including phenoxy) is 2. The Kier molecular flexibility index (Phi) is 10.3. The Morgan fingerprint density at radius 3 is 2.37 bits per heavy atom. The third-order valence-corrected chi connectivity index (χ3v) is 5.33. The van der Waals surface area contributed by atoms with Gasteiger partial charge in [0.1, 0.15) is 11.5 Å². The Morgan fingerprint density at radius 2 is 1.79 bits per heavy atom. The number of aliphatic carboxylic acids is 1. The van der Waals surface area contributed by atoms with E-state index < -0.39 is 54.3 Å². The molecule has 1 heterocycles. The number of amides is 3. The van der Waals surface area contributed by atoms with E-state index in [2.05, 4.69) is 15.4 Å². The van der Waals surface area contributed by atoms with E-state index in [-0.39, 0.29) is 29.6 Å². The van der Waals surface area contributed by atoms with Crippen molar-refractivity contribution < 1.29 is 46.9 Å². The van der Waals surface area contributed by atoms with Crippen LogP contribution in [0.25, 0.3) is 11.1 Å². The van der Waals surface area contributed by atoms with Crippen molar-refractivity contribution in [3.63, 3.8) is 0 Å². The van der Waals surface area contributed by atoms with Gasteiger partial charge in [0.25, 0.3) is 5.91 Å². The summed E-state index contributed by atoms with van der Waals surface area (Å²) in [7, 11) is 2.79. The fourth-order valence-corrected chi connectivity index (χ4v) is 3.58. The smallest absolute Gasteiger partial charge is 0.496 e. The minimum absolute atomic E-state index is 0. The summed E-state index contributed by atoms with van der Waals surface area (Å²) in [4.78, 5) is 49.5. The molecule has 2 atom stereocenters. The molecule has 2 aromatic rings. The summed E-state index contributed by atoms with van der Waals surface area (Å²) in [5.74, 6) is -2.65. The van der Waals surface area contributed by atoms with Gasteiger partial charge in [-0.3, -0.25) is 14.4 Å². The minimum atomic E-state index is -4.85. The molecule has 0 fully saturated rings. The fourth-order valence-electron chi connectivity index (χ4n) is 3.58. The molecule has 2 aromatic carbocycles. The molecule has 14 heteroatoms. The maximum atomic E-state index is 12.6. The number of urea groups is 1. The molecule has 0 spiro atoms. The van der Waals surface area contributed by atoms with Gasteiger partial charge in [0.05, 0.1) is 19.6 Å². The first-order valence-corrected chi connectivity index (χ1v) is 10.7. The molecule has 1 radical (unpaired) electrons. The molecule has 3 amide bonds. The van der Waals surface area contributed by atoms with Gasteiger partial charge in [-0.15, -0.1) is 13.2 Å². The average Bonchev–Trinajstić information content (AvgIpc) is 2.82. The molecule has 0 saturated heterocycles. The van der Waals surface area contributed by atoms with E-state index in [1.807, 2.05) is 0 Å². The third-order valence-electron chi connectivity index (χ3n) is 5.33. The molecule has 0 aliphatic carbocycles. The number of carboxylic acids is 1. The standard InChI is InChI=1S/C24H22F3N3O7.Na/c1-30-10-9-18(31)21(22(30)34)29-23(35)28-17(12-20(32)33)14-5-8-19(36-2)16(11-14)13-3-6-15(7-4-13)37-24(25,26)27;/h3-11,17,21H,12H2,1-2H3,(H,32,33)(H2,28,29,35);/t17-,21?;/m0./s1. The number of rotatable bonds is 8. The van der Waals surface area contributed by atoms with Gasteiger partial charge in [-0.1, -0.05) is 18.2 Å². The van der Waals surface area contributed by atoms with Crippen LogP contribution in [0.1, 0.15) is 18.0 Å². The van der Waals surface area contributed by atoms with Crippen LogP contribution in [0.15, 0.2) is 54.7 Å². The zero-order valence-electron chi connectivity index (χ0n) is 20.5. The summed E-state index contributed by atoms with van der Waals surface area (Å²) in [6.45, 7) is 0. The summed E-state index contributed by atoms with van der Waals surface area (Å²) in [6, 6.07) is 5.95. The Hall–Kier alpha value is -3.55. The number of halogens is 3. The molecule has 1 aliphatic heterocycles. The number of nitrogens with one attached hydrogen (secondary N) is 2. The molecule has 0 saturated carbocycles. The van der Waals surface area contributed by atoms with E-state index in [0.29, 0.717) is 22.4 Å². The fraction of sp³-hybridized carbons (Fsp3) is 0.250. The monoisotopic (exact) mass is 544 g/mol. The van der Waals surface area contributed by atoms with Crippen LogP contribution in [0.3, 0.4) is 0 Å². The average molecular weight is 544 g/mol. The molecule has 197 valence electrons. The second-order valence-corrected chi connectivity index (χ2v) is 7.90. The van der Waals surface area contributed by atoms with Gasteiger partial charge >= 0.3 is 18.4 Å². The molecule has 10 nitrogen and oxygen atoms in total. The number of likely N-dealkylation sites (N-methyl/N-ethyl adjacent to an activating group) is 1. The number of ketones is 1. The van der Waals surface area contributed by atoms with E-state index in [0.717, 1.165) is 23.1 Å². The first-order chi connectivity index (χ1) is 17.4. The van der Waals surface area contributed by atoms with Crippen LogP contribution in [0.5, 0.6) is 11.5 Å². The van der Waals surface area contributed by atoms with Crippen LogP contribution < -0.4 is 20.1 Å². The molecular formula is C24H22F3N3NaO7. The van der Waals surface area contributed by atoms with Crippen molar-refractivity contribution in [3.05, 3.63) is 60.3 Å². The number of hydrogen-bond donors (Lipinski definition) is 3. The predicted octanol–water partition coefficient (Wildman–Crippen LogP) is 2.62. The van der Waals surface area contributed by atoms with Crippen molar-refractivity contribution in [2.75, 3.05) is 14.2 Å². The first-order valence-electron chi connectivity index (χ1n) is 10.7. The van der Waals surface area contributed by atoms with Crippen LogP contribution >= 0.6 is 0 Å². The van der Waals surface area contributed by atoms with Crippen LogP contribution in [0.2, 0.25) is 0 Å². The molecule has 0 bridgehead atoms. The number of carboxylic acid groups (broad SMARTS) is 1. The number of methoxy groups -OCH3 is 1. The number of carbonyl (C=O) groups excluding carboxylic acids is 3. The van der Waals surface area contributed by atoms with Crippen molar-refractivity contribution in [2.24, 2.45) is 0 Å². The third kappa shape index (κ3) is 7.97. The van der Waals surface area contributed by atoms with Crippen molar-refractivity contribution in [3.8, 4) is 22.6 Å². The second kappa shape index (κ2) is 12.8. The van der Waals surface area contributed by atoms with Gasteiger partial charge in [-0.05, 0) is 35.4 Å². The molecule has 3 N–H and O–H groups in total. The van der Waals surface area contributed by atoms with Crippen molar-refractivity contribution >= 4 is 53.2 Å². The Labute approximate surface area is 237 Å². The molecule has 38 heavy (non-hydrogen) atoms. The van der Waals surface area contributed by atoms with Gasteiger partial charge in [0, 0.05) is 54.4 Å². The summed E-state index contributed by atoms with van der Waals surface area (Å²) in [5, 5.41) is 14.1. The molecule has 3 rings (SSSR count). The van der Waals surface area contributed by atoms with E-state index >= 15 is 0 Å². The number of hydrogen-bond acceptors (Lipinski definition) is 6. The van der Waals surface area contributed by atoms with Gasteiger partial charge < -0.3 is 30.1 Å². The largest absolute Gasteiger partial charge is 0.573 e. The van der Waals surface area contributed by atoms with Gasteiger partial charge in [-0.25, -0.2) is 4.79 Å². The van der Waals surface area contributed by atoms with Crippen LogP contribution in [-0.2, 0) is 14.4 Å². The van der Waals surface area contributed by atoms with Crippen molar-refractivity contribution in [1.29, 1.82) is 0 Å². The Bertz CT molecular complexity index is 1240. The number of carbonyl (C=O) groups is 4. The molecule has 1 unspecified atom stereocenters. The number of alkyl halides is 3. The first kappa shape index (κ1) is 30.7. The summed E-state index contributed by atoms with van der Waals surface area (Å²) < 4.78 is 46.6. The maximum Gasteiger partial charge on any atom is 0.573 e. The van der Waals surface area contributed by atoms with Crippen LogP contribution in [-0.4, -0.2) is 89.8 Å². The summed E-state index contributed by atoms with van der Waals surface area (Å²) in [6.07, 6.45) is -3.02.